The predicted molar refractivity (Wildman–Crippen MR) is 99.0 cm³/mol. The molecule has 132 valence electrons. The van der Waals surface area contributed by atoms with Gasteiger partial charge in [-0.25, -0.2) is 9.97 Å². The molecule has 0 radical (unpaired) electrons. The van der Waals surface area contributed by atoms with Gasteiger partial charge in [0.15, 0.2) is 0 Å². The van der Waals surface area contributed by atoms with Crippen molar-refractivity contribution in [1.82, 2.24) is 9.97 Å². The van der Waals surface area contributed by atoms with Crippen LogP contribution < -0.4 is 10.6 Å². The van der Waals surface area contributed by atoms with Crippen LogP contribution in [0, 0.1) is 19.3 Å². The fraction of sp³-hybridized carbons (Fsp3) is 0.333. The van der Waals surface area contributed by atoms with Crippen LogP contribution in [0.15, 0.2) is 24.3 Å². The van der Waals surface area contributed by atoms with Gasteiger partial charge >= 0.3 is 0 Å². The van der Waals surface area contributed by atoms with Gasteiger partial charge in [0.1, 0.15) is 11.5 Å². The zero-order chi connectivity index (χ0) is 18.8. The summed E-state index contributed by atoms with van der Waals surface area (Å²) in [7, 11) is 0. The van der Waals surface area contributed by atoms with Crippen LogP contribution in [0.25, 0.3) is 0 Å². The van der Waals surface area contributed by atoms with Crippen molar-refractivity contribution in [2.45, 2.75) is 34.6 Å². The smallest absolute Gasteiger partial charge is 0.274 e. The van der Waals surface area contributed by atoms with E-state index in [0.29, 0.717) is 22.2 Å². The number of carbonyl (C=O) groups excluding carboxylic acids is 2. The SMILES string of the molecule is Cc1cc(C(=O)Nc2ccc(NC(=O)C(C)(C)C)c(Cl)c2)nc(C)n1. The molecule has 2 amide bonds. The molecule has 0 aliphatic rings. The Balaban J connectivity index is 2.15. The fourth-order valence-corrected chi connectivity index (χ4v) is 2.26. The molecule has 6 nitrogen and oxygen atoms in total. The van der Waals surface area contributed by atoms with Gasteiger partial charge in [0, 0.05) is 16.8 Å². The van der Waals surface area contributed by atoms with Gasteiger partial charge in [-0.2, -0.15) is 0 Å². The third-order valence-electron chi connectivity index (χ3n) is 3.35. The molecule has 0 aliphatic carbocycles. The number of carbonyl (C=O) groups is 2. The van der Waals surface area contributed by atoms with Crippen LogP contribution in [-0.2, 0) is 4.79 Å². The van der Waals surface area contributed by atoms with Gasteiger partial charge in [-0.05, 0) is 38.1 Å². The number of anilines is 2. The van der Waals surface area contributed by atoms with Crippen LogP contribution in [0.4, 0.5) is 11.4 Å². The van der Waals surface area contributed by atoms with Gasteiger partial charge in [0.25, 0.3) is 5.91 Å². The van der Waals surface area contributed by atoms with E-state index in [-0.39, 0.29) is 17.5 Å². The Hall–Kier alpha value is -2.47. The molecule has 2 aromatic rings. The number of aromatic nitrogens is 2. The average Bonchev–Trinajstić information content (AvgIpc) is 2.47. The fourth-order valence-electron chi connectivity index (χ4n) is 2.03. The van der Waals surface area contributed by atoms with Crippen molar-refractivity contribution in [2.24, 2.45) is 5.41 Å². The first-order valence-corrected chi connectivity index (χ1v) is 8.19. The molecule has 0 bridgehead atoms. The molecule has 0 spiro atoms. The van der Waals surface area contributed by atoms with E-state index < -0.39 is 5.41 Å². The predicted octanol–water partition coefficient (Wildman–Crippen LogP) is 3.98. The summed E-state index contributed by atoms with van der Waals surface area (Å²) in [4.78, 5) is 32.6. The van der Waals surface area contributed by atoms with Gasteiger partial charge in [0.05, 0.1) is 10.7 Å². The molecule has 0 saturated carbocycles. The van der Waals surface area contributed by atoms with E-state index in [0.717, 1.165) is 5.69 Å². The molecule has 25 heavy (non-hydrogen) atoms. The zero-order valence-electron chi connectivity index (χ0n) is 14.9. The van der Waals surface area contributed by atoms with Gasteiger partial charge in [-0.1, -0.05) is 32.4 Å². The topological polar surface area (TPSA) is 84.0 Å². The lowest BCUT2D eigenvalue weighted by Gasteiger charge is -2.18. The van der Waals surface area contributed by atoms with Crippen LogP contribution in [0.5, 0.6) is 0 Å². The highest BCUT2D eigenvalue weighted by Crippen LogP contribution is 2.27. The summed E-state index contributed by atoms with van der Waals surface area (Å²) in [6.45, 7) is 8.98. The minimum atomic E-state index is -0.529. The second kappa shape index (κ2) is 7.19. The Labute approximate surface area is 152 Å². The Morgan fingerprint density at radius 2 is 1.72 bits per heavy atom. The van der Waals surface area contributed by atoms with Crippen LogP contribution in [0.2, 0.25) is 5.02 Å². The summed E-state index contributed by atoms with van der Waals surface area (Å²) in [5.41, 5.74) is 1.48. The molecule has 0 aliphatic heterocycles. The van der Waals surface area contributed by atoms with Crippen molar-refractivity contribution in [1.29, 1.82) is 0 Å². The normalized spacial score (nSPS) is 11.1. The first-order valence-electron chi connectivity index (χ1n) is 7.81. The number of nitrogens with zero attached hydrogens (tertiary/aromatic N) is 2. The molecule has 0 saturated heterocycles. The highest BCUT2D eigenvalue weighted by atomic mass is 35.5. The molecular formula is C18H21ClN4O2. The summed E-state index contributed by atoms with van der Waals surface area (Å²) < 4.78 is 0. The Morgan fingerprint density at radius 3 is 2.28 bits per heavy atom. The number of aryl methyl sites for hydroxylation is 2. The van der Waals surface area contributed by atoms with Crippen LogP contribution in [0.1, 0.15) is 42.8 Å². The first kappa shape index (κ1) is 18.9. The monoisotopic (exact) mass is 360 g/mol. The minimum Gasteiger partial charge on any atom is -0.324 e. The quantitative estimate of drug-likeness (QED) is 0.866. The molecular weight excluding hydrogens is 340 g/mol. The minimum absolute atomic E-state index is 0.141. The summed E-state index contributed by atoms with van der Waals surface area (Å²) in [5.74, 6) is 0.0395. The summed E-state index contributed by atoms with van der Waals surface area (Å²) >= 11 is 6.21. The number of amides is 2. The largest absolute Gasteiger partial charge is 0.324 e. The molecule has 0 atom stereocenters. The second-order valence-corrected chi connectivity index (χ2v) is 7.20. The van der Waals surface area contributed by atoms with Crippen LogP contribution in [-0.4, -0.2) is 21.8 Å². The highest BCUT2D eigenvalue weighted by molar-refractivity contribution is 6.34. The Bertz CT molecular complexity index is 808. The molecule has 2 rings (SSSR count). The number of hydrogen-bond acceptors (Lipinski definition) is 4. The van der Waals surface area contributed by atoms with E-state index in [2.05, 4.69) is 20.6 Å². The lowest BCUT2D eigenvalue weighted by molar-refractivity contribution is -0.123. The number of halogens is 1. The Kier molecular flexibility index (Phi) is 5.42. The maximum atomic E-state index is 12.3. The molecule has 0 fully saturated rings. The number of benzene rings is 1. The third kappa shape index (κ3) is 5.00. The van der Waals surface area contributed by atoms with Gasteiger partial charge in [-0.3, -0.25) is 9.59 Å². The number of rotatable bonds is 3. The van der Waals surface area contributed by atoms with Gasteiger partial charge in [0.2, 0.25) is 5.91 Å². The summed E-state index contributed by atoms with van der Waals surface area (Å²) in [6.07, 6.45) is 0. The molecule has 1 heterocycles. The molecule has 1 aromatic carbocycles. The summed E-state index contributed by atoms with van der Waals surface area (Å²) in [6, 6.07) is 6.52. The van der Waals surface area contributed by atoms with E-state index in [4.69, 9.17) is 11.6 Å². The molecule has 0 unspecified atom stereocenters. The molecule has 1 aromatic heterocycles. The average molecular weight is 361 g/mol. The maximum Gasteiger partial charge on any atom is 0.274 e. The van der Waals surface area contributed by atoms with Crippen molar-refractivity contribution in [3.63, 3.8) is 0 Å². The highest BCUT2D eigenvalue weighted by Gasteiger charge is 2.22. The molecule has 2 N–H and O–H groups in total. The third-order valence-corrected chi connectivity index (χ3v) is 3.67. The van der Waals surface area contributed by atoms with Gasteiger partial charge in [-0.15, -0.1) is 0 Å². The van der Waals surface area contributed by atoms with Crippen molar-refractivity contribution in [2.75, 3.05) is 10.6 Å². The molecule has 7 heteroatoms. The maximum absolute atomic E-state index is 12.3. The zero-order valence-corrected chi connectivity index (χ0v) is 15.7. The standard InChI is InChI=1S/C18H21ClN4O2/c1-10-8-15(21-11(2)20-10)16(24)22-12-6-7-14(13(19)9-12)23-17(25)18(3,4)5/h6-9H,1-5H3,(H,22,24)(H,23,25). The lowest BCUT2D eigenvalue weighted by Crippen LogP contribution is -2.27. The van der Waals surface area contributed by atoms with E-state index in [1.807, 2.05) is 20.8 Å². The first-order chi connectivity index (χ1) is 11.6. The van der Waals surface area contributed by atoms with Crippen molar-refractivity contribution >= 4 is 34.8 Å². The van der Waals surface area contributed by atoms with Gasteiger partial charge < -0.3 is 10.6 Å². The van der Waals surface area contributed by atoms with E-state index in [1.54, 1.807) is 38.1 Å². The lowest BCUT2D eigenvalue weighted by atomic mass is 9.95. The van der Waals surface area contributed by atoms with Crippen LogP contribution >= 0.6 is 11.6 Å². The summed E-state index contributed by atoms with van der Waals surface area (Å²) in [5, 5.41) is 5.85. The van der Waals surface area contributed by atoms with E-state index >= 15 is 0 Å². The van der Waals surface area contributed by atoms with Crippen molar-refractivity contribution < 1.29 is 9.59 Å². The second-order valence-electron chi connectivity index (χ2n) is 6.79. The van der Waals surface area contributed by atoms with Crippen molar-refractivity contribution in [3.05, 3.63) is 46.5 Å². The van der Waals surface area contributed by atoms with E-state index in [9.17, 15) is 9.59 Å². The Morgan fingerprint density at radius 1 is 1.04 bits per heavy atom. The number of nitrogens with one attached hydrogen (secondary N) is 2. The van der Waals surface area contributed by atoms with E-state index in [1.165, 1.54) is 0 Å². The van der Waals surface area contributed by atoms with Crippen LogP contribution in [0.3, 0.4) is 0 Å². The van der Waals surface area contributed by atoms with Crippen molar-refractivity contribution in [3.8, 4) is 0 Å². The number of hydrogen-bond donors (Lipinski definition) is 2.